The lowest BCUT2D eigenvalue weighted by molar-refractivity contribution is -0.0250. The first-order chi connectivity index (χ1) is 14.3. The fraction of sp³-hybridized carbons (Fsp3) is 0.682. The quantitative estimate of drug-likeness (QED) is 0.197. The van der Waals surface area contributed by atoms with Crippen LogP contribution in [0, 0.1) is 12.8 Å². The Morgan fingerprint density at radius 2 is 1.94 bits per heavy atom. The van der Waals surface area contributed by atoms with Crippen molar-refractivity contribution in [3.8, 4) is 0 Å². The summed E-state index contributed by atoms with van der Waals surface area (Å²) in [7, 11) is -3.14. The van der Waals surface area contributed by atoms with E-state index in [1.807, 2.05) is 13.8 Å². The molecule has 0 amide bonds. The summed E-state index contributed by atoms with van der Waals surface area (Å²) in [4.78, 5) is 4.80. The molecule has 1 aromatic rings. The molecule has 1 fully saturated rings. The minimum Gasteiger partial charge on any atom is -0.373 e. The van der Waals surface area contributed by atoms with Crippen LogP contribution in [-0.2, 0) is 14.8 Å². The largest absolute Gasteiger partial charge is 0.373 e. The van der Waals surface area contributed by atoms with Crippen LogP contribution in [0.5, 0.6) is 0 Å². The van der Waals surface area contributed by atoms with Crippen LogP contribution in [0.1, 0.15) is 50.3 Å². The molecule has 0 spiro atoms. The van der Waals surface area contributed by atoms with Crippen molar-refractivity contribution in [3.63, 3.8) is 0 Å². The van der Waals surface area contributed by atoms with Gasteiger partial charge in [-0.1, -0.05) is 36.8 Å². The molecule has 2 N–H and O–H groups in total. The molecule has 0 aromatic heterocycles. The predicted octanol–water partition coefficient (Wildman–Crippen LogP) is 3.31. The van der Waals surface area contributed by atoms with Gasteiger partial charge in [0.2, 0.25) is 10.0 Å². The highest BCUT2D eigenvalue weighted by atomic mass is 127. The van der Waals surface area contributed by atoms with Crippen molar-refractivity contribution >= 4 is 40.0 Å². The number of benzene rings is 1. The first kappa shape index (κ1) is 28.1. The van der Waals surface area contributed by atoms with E-state index in [-0.39, 0.29) is 30.1 Å². The van der Waals surface area contributed by atoms with E-state index < -0.39 is 10.0 Å². The second-order valence-corrected chi connectivity index (χ2v) is 9.84. The second kappa shape index (κ2) is 14.3. The SMILES string of the molecule is CCNC(=NCC1CCCOC1c1ccc(C)cc1)NCCCN(CC)S(C)(=O)=O.I. The summed E-state index contributed by atoms with van der Waals surface area (Å²) in [5.41, 5.74) is 2.47. The third kappa shape index (κ3) is 9.63. The maximum absolute atomic E-state index is 11.7. The van der Waals surface area contributed by atoms with Gasteiger partial charge in [-0.05, 0) is 38.7 Å². The van der Waals surface area contributed by atoms with Crippen LogP contribution >= 0.6 is 24.0 Å². The molecule has 0 radical (unpaired) electrons. The van der Waals surface area contributed by atoms with Gasteiger partial charge in [0.1, 0.15) is 0 Å². The number of aryl methyl sites for hydroxylation is 1. The number of guanidine groups is 1. The molecule has 2 unspecified atom stereocenters. The lowest BCUT2D eigenvalue weighted by Gasteiger charge is -2.31. The number of ether oxygens (including phenoxy) is 1. The Balaban J connectivity index is 0.00000480. The van der Waals surface area contributed by atoms with Crippen molar-refractivity contribution in [3.05, 3.63) is 35.4 Å². The third-order valence-corrected chi connectivity index (χ3v) is 6.76. The van der Waals surface area contributed by atoms with Gasteiger partial charge in [0, 0.05) is 45.2 Å². The lowest BCUT2D eigenvalue weighted by atomic mass is 9.89. The molecule has 2 rings (SSSR count). The zero-order chi connectivity index (χ0) is 22.0. The van der Waals surface area contributed by atoms with Gasteiger partial charge in [-0.2, -0.15) is 0 Å². The van der Waals surface area contributed by atoms with Crippen LogP contribution in [0.2, 0.25) is 0 Å². The topological polar surface area (TPSA) is 83.0 Å². The average Bonchev–Trinajstić information content (AvgIpc) is 2.72. The summed E-state index contributed by atoms with van der Waals surface area (Å²) in [6, 6.07) is 8.59. The van der Waals surface area contributed by atoms with Crippen molar-refractivity contribution in [1.82, 2.24) is 14.9 Å². The van der Waals surface area contributed by atoms with E-state index in [2.05, 4.69) is 41.8 Å². The van der Waals surface area contributed by atoms with Gasteiger partial charge in [0.25, 0.3) is 0 Å². The highest BCUT2D eigenvalue weighted by molar-refractivity contribution is 14.0. The average molecular weight is 567 g/mol. The summed E-state index contributed by atoms with van der Waals surface area (Å²) in [5, 5.41) is 6.61. The van der Waals surface area contributed by atoms with Gasteiger partial charge in [-0.3, -0.25) is 4.99 Å². The minimum atomic E-state index is -3.14. The molecule has 1 aromatic carbocycles. The molecule has 9 heteroatoms. The first-order valence-corrected chi connectivity index (χ1v) is 12.9. The standard InChI is InChI=1S/C22H38N4O3S.HI/c1-5-23-22(24-14-8-15-26(6-2)30(4,27)28)25-17-20-9-7-16-29-21(20)19-12-10-18(3)11-13-19;/h10-13,20-21H,5-9,14-17H2,1-4H3,(H2,23,24,25);1H. The third-order valence-electron chi connectivity index (χ3n) is 5.38. The number of nitrogens with zero attached hydrogens (tertiary/aromatic N) is 2. The van der Waals surface area contributed by atoms with E-state index in [0.717, 1.165) is 38.4 Å². The summed E-state index contributed by atoms with van der Waals surface area (Å²) < 4.78 is 31.0. The van der Waals surface area contributed by atoms with Crippen LogP contribution < -0.4 is 10.6 Å². The molecule has 7 nitrogen and oxygen atoms in total. The molecule has 1 aliphatic rings. The lowest BCUT2D eigenvalue weighted by Crippen LogP contribution is -2.40. The van der Waals surface area contributed by atoms with Crippen LogP contribution in [-0.4, -0.2) is 64.3 Å². The van der Waals surface area contributed by atoms with Crippen molar-refractivity contribution < 1.29 is 13.2 Å². The Kier molecular flexibility index (Phi) is 13.0. The number of sulfonamides is 1. The van der Waals surface area contributed by atoms with E-state index in [1.54, 1.807) is 0 Å². The highest BCUT2D eigenvalue weighted by Gasteiger charge is 2.27. The van der Waals surface area contributed by atoms with Gasteiger partial charge < -0.3 is 15.4 Å². The van der Waals surface area contributed by atoms with Gasteiger partial charge in [0.05, 0.1) is 12.4 Å². The van der Waals surface area contributed by atoms with E-state index in [1.165, 1.54) is 21.7 Å². The molecule has 0 saturated carbocycles. The highest BCUT2D eigenvalue weighted by Crippen LogP contribution is 2.33. The van der Waals surface area contributed by atoms with Crippen molar-refractivity contribution in [2.24, 2.45) is 10.9 Å². The number of rotatable bonds is 10. The first-order valence-electron chi connectivity index (χ1n) is 11.0. The molecule has 1 heterocycles. The number of hydrogen-bond donors (Lipinski definition) is 2. The maximum Gasteiger partial charge on any atom is 0.211 e. The fourth-order valence-corrected chi connectivity index (χ4v) is 4.66. The van der Waals surface area contributed by atoms with Gasteiger partial charge in [-0.25, -0.2) is 12.7 Å². The van der Waals surface area contributed by atoms with Gasteiger partial charge >= 0.3 is 0 Å². The maximum atomic E-state index is 11.7. The summed E-state index contributed by atoms with van der Waals surface area (Å²) in [6.45, 7) is 9.93. The molecular weight excluding hydrogens is 527 g/mol. The second-order valence-electron chi connectivity index (χ2n) is 7.86. The summed E-state index contributed by atoms with van der Waals surface area (Å²) in [5.74, 6) is 1.12. The number of halogens is 1. The Bertz CT molecular complexity index is 771. The summed E-state index contributed by atoms with van der Waals surface area (Å²) >= 11 is 0. The number of hydrogen-bond acceptors (Lipinski definition) is 4. The zero-order valence-corrected chi connectivity index (χ0v) is 22.4. The smallest absolute Gasteiger partial charge is 0.211 e. The zero-order valence-electron chi connectivity index (χ0n) is 19.3. The minimum absolute atomic E-state index is 0. The van der Waals surface area contributed by atoms with Crippen molar-refractivity contribution in [1.29, 1.82) is 0 Å². The van der Waals surface area contributed by atoms with Crippen LogP contribution in [0.3, 0.4) is 0 Å². The molecule has 1 aliphatic heterocycles. The molecule has 1 saturated heterocycles. The van der Waals surface area contributed by atoms with E-state index in [4.69, 9.17) is 9.73 Å². The number of aliphatic imine (C=N–C) groups is 1. The molecular formula is C22H39IN4O3S. The summed E-state index contributed by atoms with van der Waals surface area (Å²) in [6.07, 6.45) is 4.22. The molecule has 0 aliphatic carbocycles. The van der Waals surface area contributed by atoms with E-state index in [0.29, 0.717) is 32.1 Å². The Morgan fingerprint density at radius 1 is 1.23 bits per heavy atom. The van der Waals surface area contributed by atoms with Gasteiger partial charge in [0.15, 0.2) is 5.96 Å². The van der Waals surface area contributed by atoms with E-state index in [9.17, 15) is 8.42 Å². The van der Waals surface area contributed by atoms with Crippen molar-refractivity contribution in [2.45, 2.75) is 46.1 Å². The predicted molar refractivity (Wildman–Crippen MR) is 139 cm³/mol. The van der Waals surface area contributed by atoms with Crippen molar-refractivity contribution in [2.75, 3.05) is 45.6 Å². The van der Waals surface area contributed by atoms with Gasteiger partial charge in [-0.15, -0.1) is 24.0 Å². The van der Waals surface area contributed by atoms with Crippen LogP contribution in [0.4, 0.5) is 0 Å². The Labute approximate surface area is 205 Å². The van der Waals surface area contributed by atoms with Crippen LogP contribution in [0.25, 0.3) is 0 Å². The Hall–Kier alpha value is -0.910. The molecule has 31 heavy (non-hydrogen) atoms. The number of nitrogens with one attached hydrogen (secondary N) is 2. The van der Waals surface area contributed by atoms with Crippen LogP contribution in [0.15, 0.2) is 29.3 Å². The van der Waals surface area contributed by atoms with E-state index >= 15 is 0 Å². The fourth-order valence-electron chi connectivity index (χ4n) is 3.73. The normalized spacial score (nSPS) is 19.7. The molecule has 0 bridgehead atoms. The molecule has 2 atom stereocenters. The molecule has 178 valence electrons. The monoisotopic (exact) mass is 566 g/mol. The Morgan fingerprint density at radius 3 is 2.55 bits per heavy atom.